The van der Waals surface area contributed by atoms with Gasteiger partial charge in [-0.25, -0.2) is 0 Å². The highest BCUT2D eigenvalue weighted by Crippen LogP contribution is 2.28. The van der Waals surface area contributed by atoms with Gasteiger partial charge in [-0.2, -0.15) is 0 Å². The number of hydrogen-bond acceptors (Lipinski definition) is 2. The molecule has 1 heterocycles. The highest BCUT2D eigenvalue weighted by atomic mass is 15.0. The molecule has 1 aromatic heterocycles. The average molecular weight is 232 g/mol. The van der Waals surface area contributed by atoms with Crippen LogP contribution in [-0.2, 0) is 0 Å². The van der Waals surface area contributed by atoms with Gasteiger partial charge in [0.25, 0.3) is 0 Å². The number of pyridine rings is 1. The Balaban J connectivity index is 1.95. The van der Waals surface area contributed by atoms with Crippen LogP contribution in [0.4, 0.5) is 0 Å². The van der Waals surface area contributed by atoms with Crippen LogP contribution >= 0.6 is 0 Å². The number of aromatic nitrogens is 1. The Morgan fingerprint density at radius 2 is 2.24 bits per heavy atom. The van der Waals surface area contributed by atoms with Gasteiger partial charge in [-0.05, 0) is 37.3 Å². The molecule has 0 aromatic carbocycles. The predicted octanol–water partition coefficient (Wildman–Crippen LogP) is 3.70. The molecule has 0 radical (unpaired) electrons. The van der Waals surface area contributed by atoms with Crippen LogP contribution in [0.25, 0.3) is 0 Å². The third kappa shape index (κ3) is 3.29. The van der Waals surface area contributed by atoms with E-state index in [1.54, 1.807) is 0 Å². The van der Waals surface area contributed by atoms with Crippen LogP contribution in [-0.4, -0.2) is 11.0 Å². The molecule has 3 atom stereocenters. The van der Waals surface area contributed by atoms with Crippen molar-refractivity contribution in [3.63, 3.8) is 0 Å². The lowest BCUT2D eigenvalue weighted by molar-refractivity contribution is 0.240. The summed E-state index contributed by atoms with van der Waals surface area (Å²) in [6, 6.07) is 5.30. The fourth-order valence-corrected chi connectivity index (χ4v) is 2.97. The van der Waals surface area contributed by atoms with Crippen LogP contribution in [0.5, 0.6) is 0 Å². The van der Waals surface area contributed by atoms with Crippen LogP contribution in [0, 0.1) is 5.92 Å². The van der Waals surface area contributed by atoms with Crippen LogP contribution in [0.3, 0.4) is 0 Å². The van der Waals surface area contributed by atoms with Crippen molar-refractivity contribution in [1.82, 2.24) is 10.3 Å². The topological polar surface area (TPSA) is 24.9 Å². The predicted molar refractivity (Wildman–Crippen MR) is 71.8 cm³/mol. The van der Waals surface area contributed by atoms with Gasteiger partial charge in [-0.1, -0.05) is 32.3 Å². The molecule has 2 rings (SSSR count). The van der Waals surface area contributed by atoms with E-state index in [0.29, 0.717) is 12.1 Å². The summed E-state index contributed by atoms with van der Waals surface area (Å²) >= 11 is 0. The van der Waals surface area contributed by atoms with E-state index in [4.69, 9.17) is 0 Å². The van der Waals surface area contributed by atoms with Crippen molar-refractivity contribution in [2.45, 2.75) is 58.0 Å². The van der Waals surface area contributed by atoms with E-state index >= 15 is 0 Å². The van der Waals surface area contributed by atoms with E-state index in [0.717, 1.165) is 5.92 Å². The lowest BCUT2D eigenvalue weighted by Crippen LogP contribution is -2.39. The summed E-state index contributed by atoms with van der Waals surface area (Å²) in [6.45, 7) is 4.57. The Labute approximate surface area is 105 Å². The summed E-state index contributed by atoms with van der Waals surface area (Å²) in [6.07, 6.45) is 10.6. The quantitative estimate of drug-likeness (QED) is 0.856. The fraction of sp³-hybridized carbons (Fsp3) is 0.667. The van der Waals surface area contributed by atoms with E-state index in [2.05, 4.69) is 30.2 Å². The van der Waals surface area contributed by atoms with Gasteiger partial charge in [0.15, 0.2) is 0 Å². The Hall–Kier alpha value is -0.890. The molecule has 1 aliphatic rings. The minimum absolute atomic E-state index is 0.417. The summed E-state index contributed by atoms with van der Waals surface area (Å²) in [5, 5.41) is 3.80. The van der Waals surface area contributed by atoms with Crippen molar-refractivity contribution in [2.24, 2.45) is 5.92 Å². The second-order valence-corrected chi connectivity index (χ2v) is 5.23. The molecular weight excluding hydrogens is 208 g/mol. The third-order valence-electron chi connectivity index (χ3n) is 4.08. The molecule has 0 aliphatic heterocycles. The van der Waals surface area contributed by atoms with Gasteiger partial charge in [-0.15, -0.1) is 0 Å². The van der Waals surface area contributed by atoms with Crippen LogP contribution in [0.15, 0.2) is 24.5 Å². The first kappa shape index (κ1) is 12.6. The van der Waals surface area contributed by atoms with Crippen molar-refractivity contribution in [1.29, 1.82) is 0 Å². The van der Waals surface area contributed by atoms with Crippen molar-refractivity contribution in [2.75, 3.05) is 0 Å². The first-order valence-electron chi connectivity index (χ1n) is 6.97. The first-order chi connectivity index (χ1) is 8.31. The van der Waals surface area contributed by atoms with Crippen LogP contribution in [0.1, 0.15) is 57.6 Å². The van der Waals surface area contributed by atoms with Gasteiger partial charge in [0.1, 0.15) is 0 Å². The highest BCUT2D eigenvalue weighted by molar-refractivity contribution is 5.13. The first-order valence-corrected chi connectivity index (χ1v) is 6.97. The molecule has 1 N–H and O–H groups in total. The fourth-order valence-electron chi connectivity index (χ4n) is 2.97. The number of hydrogen-bond donors (Lipinski definition) is 1. The maximum Gasteiger partial charge on any atom is 0.0315 e. The maximum absolute atomic E-state index is 4.20. The molecule has 1 aromatic rings. The average Bonchev–Trinajstić information content (AvgIpc) is 2.40. The Morgan fingerprint density at radius 3 is 2.94 bits per heavy atom. The van der Waals surface area contributed by atoms with Gasteiger partial charge in [0, 0.05) is 24.5 Å². The molecule has 1 saturated carbocycles. The lowest BCUT2D eigenvalue weighted by atomic mass is 9.82. The molecule has 94 valence electrons. The van der Waals surface area contributed by atoms with Gasteiger partial charge in [0.2, 0.25) is 0 Å². The molecule has 0 saturated heterocycles. The van der Waals surface area contributed by atoms with Gasteiger partial charge < -0.3 is 5.32 Å². The lowest BCUT2D eigenvalue weighted by Gasteiger charge is -2.34. The monoisotopic (exact) mass is 232 g/mol. The standard InChI is InChI=1S/C15H24N2/c1-3-13-7-4-5-9-15(13)17-12(2)14-8-6-10-16-11-14/h6,8,10-13,15,17H,3-5,7,9H2,1-2H3/t12-,13?,15?/m1/s1. The number of nitrogens with one attached hydrogen (secondary N) is 1. The maximum atomic E-state index is 4.20. The summed E-state index contributed by atoms with van der Waals surface area (Å²) in [5.41, 5.74) is 1.30. The zero-order valence-electron chi connectivity index (χ0n) is 11.0. The Morgan fingerprint density at radius 1 is 1.41 bits per heavy atom. The Kier molecular flexibility index (Phi) is 4.55. The summed E-state index contributed by atoms with van der Waals surface area (Å²) in [4.78, 5) is 4.20. The van der Waals surface area contributed by atoms with E-state index in [9.17, 15) is 0 Å². The molecule has 1 fully saturated rings. The van der Waals surface area contributed by atoms with Crippen molar-refractivity contribution < 1.29 is 0 Å². The zero-order chi connectivity index (χ0) is 12.1. The van der Waals surface area contributed by atoms with E-state index in [1.165, 1.54) is 37.7 Å². The van der Waals surface area contributed by atoms with Gasteiger partial charge >= 0.3 is 0 Å². The second-order valence-electron chi connectivity index (χ2n) is 5.23. The van der Waals surface area contributed by atoms with E-state index in [-0.39, 0.29) is 0 Å². The largest absolute Gasteiger partial charge is 0.307 e. The molecule has 2 unspecified atom stereocenters. The second kappa shape index (κ2) is 6.15. The molecule has 0 spiro atoms. The molecule has 2 heteroatoms. The third-order valence-corrected chi connectivity index (χ3v) is 4.08. The summed E-state index contributed by atoms with van der Waals surface area (Å²) in [7, 11) is 0. The van der Waals surface area contributed by atoms with Crippen molar-refractivity contribution in [3.05, 3.63) is 30.1 Å². The molecular formula is C15H24N2. The molecule has 17 heavy (non-hydrogen) atoms. The summed E-state index contributed by atoms with van der Waals surface area (Å²) in [5.74, 6) is 0.864. The van der Waals surface area contributed by atoms with Crippen molar-refractivity contribution in [3.8, 4) is 0 Å². The normalized spacial score (nSPS) is 26.7. The minimum atomic E-state index is 0.417. The Bertz CT molecular complexity index is 323. The van der Waals surface area contributed by atoms with E-state index < -0.39 is 0 Å². The van der Waals surface area contributed by atoms with Crippen LogP contribution < -0.4 is 5.32 Å². The summed E-state index contributed by atoms with van der Waals surface area (Å²) < 4.78 is 0. The zero-order valence-corrected chi connectivity index (χ0v) is 11.0. The van der Waals surface area contributed by atoms with Crippen LogP contribution in [0.2, 0.25) is 0 Å². The van der Waals surface area contributed by atoms with Gasteiger partial charge in [-0.3, -0.25) is 4.98 Å². The number of rotatable bonds is 4. The molecule has 1 aliphatic carbocycles. The highest BCUT2D eigenvalue weighted by Gasteiger charge is 2.24. The van der Waals surface area contributed by atoms with E-state index in [1.807, 2.05) is 18.5 Å². The van der Waals surface area contributed by atoms with Gasteiger partial charge in [0.05, 0.1) is 0 Å². The molecule has 0 bridgehead atoms. The number of nitrogens with zero attached hydrogens (tertiary/aromatic N) is 1. The minimum Gasteiger partial charge on any atom is -0.307 e. The molecule has 2 nitrogen and oxygen atoms in total. The molecule has 0 amide bonds. The SMILES string of the molecule is CCC1CCCCC1N[C@H](C)c1cccnc1. The van der Waals surface area contributed by atoms with Crippen molar-refractivity contribution >= 4 is 0 Å². The smallest absolute Gasteiger partial charge is 0.0315 e.